The van der Waals surface area contributed by atoms with Gasteiger partial charge in [0.1, 0.15) is 0 Å². The highest BCUT2D eigenvalue weighted by Crippen LogP contribution is 2.53. The van der Waals surface area contributed by atoms with Gasteiger partial charge in [-0.25, -0.2) is 0 Å². The summed E-state index contributed by atoms with van der Waals surface area (Å²) in [5.41, 5.74) is -1.04. The van der Waals surface area contributed by atoms with E-state index in [9.17, 15) is 10.2 Å². The molecule has 0 radical (unpaired) electrons. The Labute approximate surface area is 90.8 Å². The van der Waals surface area contributed by atoms with Crippen molar-refractivity contribution in [3.63, 3.8) is 0 Å². The number of nitrogens with zero attached hydrogens (tertiary/aromatic N) is 1. The van der Waals surface area contributed by atoms with Gasteiger partial charge in [0.05, 0.1) is 18.3 Å². The van der Waals surface area contributed by atoms with E-state index in [0.717, 1.165) is 25.8 Å². The number of likely N-dealkylation sites (tertiary alicyclic amines) is 1. The van der Waals surface area contributed by atoms with Gasteiger partial charge in [0, 0.05) is 25.6 Å². The van der Waals surface area contributed by atoms with Crippen molar-refractivity contribution in [2.24, 2.45) is 5.41 Å². The van der Waals surface area contributed by atoms with Crippen LogP contribution in [-0.4, -0.2) is 60.7 Å². The molecular weight excluding hydrogens is 194 g/mol. The van der Waals surface area contributed by atoms with Crippen molar-refractivity contribution in [3.05, 3.63) is 0 Å². The molecule has 1 unspecified atom stereocenters. The minimum absolute atomic E-state index is 0.0667. The standard InChI is InChI=1S/C11H21NO3/c1-12-4-3-11(14,7-12)10(8-13)5-9(6-10)15-2/h9,13-14H,3-8H2,1-2H3. The second-order valence-corrected chi connectivity index (χ2v) is 5.22. The monoisotopic (exact) mass is 215 g/mol. The molecule has 0 aromatic heterocycles. The molecule has 0 amide bonds. The summed E-state index contributed by atoms with van der Waals surface area (Å²) in [6, 6.07) is 0. The molecule has 2 aliphatic rings. The van der Waals surface area contributed by atoms with Crippen LogP contribution >= 0.6 is 0 Å². The molecule has 0 spiro atoms. The summed E-state index contributed by atoms with van der Waals surface area (Å²) in [4.78, 5) is 2.12. The maximum atomic E-state index is 10.6. The SMILES string of the molecule is COC1CC(CO)(C2(O)CCN(C)C2)C1. The van der Waals surface area contributed by atoms with Gasteiger partial charge >= 0.3 is 0 Å². The Morgan fingerprint density at radius 2 is 2.13 bits per heavy atom. The van der Waals surface area contributed by atoms with Crippen LogP contribution in [-0.2, 0) is 4.74 Å². The van der Waals surface area contributed by atoms with Gasteiger partial charge in [-0.05, 0) is 26.3 Å². The Bertz CT molecular complexity index is 240. The lowest BCUT2D eigenvalue weighted by Gasteiger charge is -2.54. The van der Waals surface area contributed by atoms with Gasteiger partial charge in [-0.2, -0.15) is 0 Å². The van der Waals surface area contributed by atoms with Crippen LogP contribution < -0.4 is 0 Å². The summed E-state index contributed by atoms with van der Waals surface area (Å²) < 4.78 is 5.24. The molecule has 1 heterocycles. The van der Waals surface area contributed by atoms with Gasteiger partial charge in [0.2, 0.25) is 0 Å². The smallest absolute Gasteiger partial charge is 0.0865 e. The summed E-state index contributed by atoms with van der Waals surface area (Å²) in [5.74, 6) is 0. The Balaban J connectivity index is 2.07. The van der Waals surface area contributed by atoms with Crippen molar-refractivity contribution < 1.29 is 14.9 Å². The normalized spacial score (nSPS) is 46.8. The lowest BCUT2D eigenvalue weighted by molar-refractivity contribution is -0.191. The lowest BCUT2D eigenvalue weighted by atomic mass is 9.57. The van der Waals surface area contributed by atoms with Crippen LogP contribution in [0.25, 0.3) is 0 Å². The summed E-state index contributed by atoms with van der Waals surface area (Å²) in [6.45, 7) is 1.65. The zero-order valence-corrected chi connectivity index (χ0v) is 9.57. The van der Waals surface area contributed by atoms with Crippen LogP contribution in [0.4, 0.5) is 0 Å². The first kappa shape index (κ1) is 11.3. The fourth-order valence-electron chi connectivity index (χ4n) is 3.05. The number of aliphatic hydroxyl groups is 2. The molecule has 88 valence electrons. The van der Waals surface area contributed by atoms with Gasteiger partial charge in [-0.15, -0.1) is 0 Å². The van der Waals surface area contributed by atoms with Crippen molar-refractivity contribution in [3.8, 4) is 0 Å². The van der Waals surface area contributed by atoms with Gasteiger partial charge < -0.3 is 19.8 Å². The number of β-amino-alcohol motifs (C(OH)–C–C–N with tert-alkyl or cyclic N) is 1. The van der Waals surface area contributed by atoms with E-state index in [0.29, 0.717) is 6.54 Å². The van der Waals surface area contributed by atoms with E-state index in [1.807, 2.05) is 7.05 Å². The first-order valence-electron chi connectivity index (χ1n) is 5.60. The number of ether oxygens (including phenoxy) is 1. The molecule has 1 aliphatic carbocycles. The molecule has 0 aromatic rings. The van der Waals surface area contributed by atoms with E-state index >= 15 is 0 Å². The highest BCUT2D eigenvalue weighted by Gasteiger charge is 2.59. The molecule has 0 aromatic carbocycles. The highest BCUT2D eigenvalue weighted by atomic mass is 16.5. The van der Waals surface area contributed by atoms with E-state index in [1.54, 1.807) is 7.11 Å². The van der Waals surface area contributed by atoms with E-state index in [2.05, 4.69) is 4.90 Å². The second-order valence-electron chi connectivity index (χ2n) is 5.22. The first-order valence-corrected chi connectivity index (χ1v) is 5.60. The molecule has 1 aliphatic heterocycles. The van der Waals surface area contributed by atoms with Crippen molar-refractivity contribution >= 4 is 0 Å². The van der Waals surface area contributed by atoms with E-state index in [-0.39, 0.29) is 18.1 Å². The van der Waals surface area contributed by atoms with Crippen molar-refractivity contribution in [1.29, 1.82) is 0 Å². The predicted octanol–water partition coefficient (Wildman–Crippen LogP) is -0.160. The Morgan fingerprint density at radius 3 is 2.53 bits per heavy atom. The van der Waals surface area contributed by atoms with Crippen LogP contribution in [0.5, 0.6) is 0 Å². The topological polar surface area (TPSA) is 52.9 Å². The quantitative estimate of drug-likeness (QED) is 0.687. The largest absolute Gasteiger partial charge is 0.396 e. The van der Waals surface area contributed by atoms with Gasteiger partial charge in [0.25, 0.3) is 0 Å². The first-order chi connectivity index (χ1) is 7.05. The third kappa shape index (κ3) is 1.60. The van der Waals surface area contributed by atoms with E-state index in [1.165, 1.54) is 0 Å². The third-order valence-electron chi connectivity index (χ3n) is 4.30. The van der Waals surface area contributed by atoms with Crippen LogP contribution in [0.15, 0.2) is 0 Å². The lowest BCUT2D eigenvalue weighted by Crippen LogP contribution is -2.61. The minimum atomic E-state index is -0.717. The van der Waals surface area contributed by atoms with E-state index < -0.39 is 5.60 Å². The molecule has 2 N–H and O–H groups in total. The summed E-state index contributed by atoms with van der Waals surface area (Å²) in [6.07, 6.45) is 2.54. The zero-order chi connectivity index (χ0) is 11.1. The number of likely N-dealkylation sites (N-methyl/N-ethyl adjacent to an activating group) is 1. The van der Waals surface area contributed by atoms with Crippen LogP contribution in [0, 0.1) is 5.41 Å². The molecule has 1 atom stereocenters. The molecule has 2 rings (SSSR count). The van der Waals surface area contributed by atoms with Crippen LogP contribution in [0.2, 0.25) is 0 Å². The van der Waals surface area contributed by atoms with Crippen LogP contribution in [0.1, 0.15) is 19.3 Å². The molecule has 15 heavy (non-hydrogen) atoms. The molecule has 4 heteroatoms. The molecular formula is C11H21NO3. The average Bonchev–Trinajstić information content (AvgIpc) is 2.47. The Hall–Kier alpha value is -0.160. The fraction of sp³-hybridized carbons (Fsp3) is 1.00. The average molecular weight is 215 g/mol. The zero-order valence-electron chi connectivity index (χ0n) is 9.57. The highest BCUT2D eigenvalue weighted by molar-refractivity contribution is 5.10. The predicted molar refractivity (Wildman–Crippen MR) is 56.6 cm³/mol. The maximum Gasteiger partial charge on any atom is 0.0865 e. The summed E-state index contributed by atoms with van der Waals surface area (Å²) in [5, 5.41) is 20.1. The van der Waals surface area contributed by atoms with E-state index in [4.69, 9.17) is 4.74 Å². The molecule has 0 bridgehead atoms. The number of hydrogen-bond acceptors (Lipinski definition) is 4. The molecule has 1 saturated carbocycles. The van der Waals surface area contributed by atoms with Crippen molar-refractivity contribution in [2.75, 3.05) is 33.9 Å². The number of methoxy groups -OCH3 is 1. The molecule has 4 nitrogen and oxygen atoms in total. The Morgan fingerprint density at radius 1 is 1.47 bits per heavy atom. The van der Waals surface area contributed by atoms with Gasteiger partial charge in [0.15, 0.2) is 0 Å². The Kier molecular flexibility index (Phi) is 2.79. The minimum Gasteiger partial charge on any atom is -0.396 e. The third-order valence-corrected chi connectivity index (χ3v) is 4.30. The number of hydrogen-bond donors (Lipinski definition) is 2. The molecule has 1 saturated heterocycles. The molecule has 2 fully saturated rings. The fourth-order valence-corrected chi connectivity index (χ4v) is 3.05. The van der Waals surface area contributed by atoms with Crippen molar-refractivity contribution in [1.82, 2.24) is 4.90 Å². The second kappa shape index (κ2) is 3.70. The van der Waals surface area contributed by atoms with Crippen LogP contribution in [0.3, 0.4) is 0 Å². The van der Waals surface area contributed by atoms with Gasteiger partial charge in [-0.3, -0.25) is 0 Å². The number of aliphatic hydroxyl groups excluding tert-OH is 1. The maximum absolute atomic E-state index is 10.6. The number of rotatable bonds is 3. The summed E-state index contributed by atoms with van der Waals surface area (Å²) in [7, 11) is 3.70. The summed E-state index contributed by atoms with van der Waals surface area (Å²) >= 11 is 0. The van der Waals surface area contributed by atoms with Crippen molar-refractivity contribution in [2.45, 2.75) is 31.0 Å². The van der Waals surface area contributed by atoms with Gasteiger partial charge in [-0.1, -0.05) is 0 Å².